The molecule has 16 heavy (non-hydrogen) atoms. The topological polar surface area (TPSA) is 52.3 Å². The molecule has 1 amide bonds. The van der Waals surface area contributed by atoms with Crippen molar-refractivity contribution in [2.45, 2.75) is 64.7 Å². The van der Waals surface area contributed by atoms with Crippen LogP contribution in [0.25, 0.3) is 0 Å². The van der Waals surface area contributed by atoms with Crippen molar-refractivity contribution in [3.63, 3.8) is 0 Å². The molecule has 3 heteroatoms. The van der Waals surface area contributed by atoms with Crippen LogP contribution in [-0.2, 0) is 9.53 Å². The molecule has 0 atom stereocenters. The van der Waals surface area contributed by atoms with Crippen LogP contribution in [0.4, 0.5) is 0 Å². The van der Waals surface area contributed by atoms with Gasteiger partial charge in [-0.15, -0.1) is 0 Å². The van der Waals surface area contributed by atoms with Gasteiger partial charge in [0.1, 0.15) is 0 Å². The normalized spacial score (nSPS) is 10.6. The third-order valence-electron chi connectivity index (χ3n) is 2.64. The summed E-state index contributed by atoms with van der Waals surface area (Å²) in [6.45, 7) is 3.48. The van der Waals surface area contributed by atoms with Crippen LogP contribution >= 0.6 is 0 Å². The molecule has 3 nitrogen and oxygen atoms in total. The molecule has 0 bridgehead atoms. The molecule has 2 N–H and O–H groups in total. The zero-order valence-electron chi connectivity index (χ0n) is 10.7. The van der Waals surface area contributed by atoms with E-state index in [2.05, 4.69) is 6.92 Å². The number of ether oxygens (including phenoxy) is 1. The van der Waals surface area contributed by atoms with Gasteiger partial charge in [-0.3, -0.25) is 4.79 Å². The standard InChI is InChI=1S/C13H27NO2/c1-2-3-4-5-6-7-8-9-11-16-12-10-13(14)15/h2-12H2,1H3,(H2,14,15). The van der Waals surface area contributed by atoms with Crippen molar-refractivity contribution in [2.24, 2.45) is 5.73 Å². The second kappa shape index (κ2) is 12.5. The third kappa shape index (κ3) is 13.4. The van der Waals surface area contributed by atoms with E-state index in [4.69, 9.17) is 10.5 Å². The highest BCUT2D eigenvalue weighted by atomic mass is 16.5. The molecule has 0 aromatic rings. The Kier molecular flexibility index (Phi) is 12.1. The van der Waals surface area contributed by atoms with E-state index in [9.17, 15) is 4.79 Å². The predicted octanol–water partition coefficient (Wildman–Crippen LogP) is 3.02. The third-order valence-corrected chi connectivity index (χ3v) is 2.64. The summed E-state index contributed by atoms with van der Waals surface area (Å²) in [5.74, 6) is -0.282. The van der Waals surface area contributed by atoms with Crippen molar-refractivity contribution in [1.82, 2.24) is 0 Å². The molecule has 0 aliphatic heterocycles. The number of unbranched alkanes of at least 4 members (excludes halogenated alkanes) is 7. The van der Waals surface area contributed by atoms with Gasteiger partial charge in [0.15, 0.2) is 0 Å². The quantitative estimate of drug-likeness (QED) is 0.523. The van der Waals surface area contributed by atoms with E-state index in [1.807, 2.05) is 0 Å². The second-order valence-electron chi connectivity index (χ2n) is 4.30. The van der Waals surface area contributed by atoms with E-state index >= 15 is 0 Å². The minimum Gasteiger partial charge on any atom is -0.381 e. The first kappa shape index (κ1) is 15.4. The van der Waals surface area contributed by atoms with Crippen molar-refractivity contribution in [1.29, 1.82) is 0 Å². The summed E-state index contributed by atoms with van der Waals surface area (Å²) >= 11 is 0. The van der Waals surface area contributed by atoms with Gasteiger partial charge in [-0.25, -0.2) is 0 Å². The molecule has 0 rings (SSSR count). The van der Waals surface area contributed by atoms with Crippen LogP contribution in [-0.4, -0.2) is 19.1 Å². The first-order valence-electron chi connectivity index (χ1n) is 6.63. The summed E-state index contributed by atoms with van der Waals surface area (Å²) in [5, 5.41) is 0. The lowest BCUT2D eigenvalue weighted by Gasteiger charge is -2.03. The molecule has 0 unspecified atom stereocenters. The maximum atomic E-state index is 10.4. The molecule has 0 aliphatic carbocycles. The van der Waals surface area contributed by atoms with Gasteiger partial charge in [-0.2, -0.15) is 0 Å². The molecular weight excluding hydrogens is 202 g/mol. The number of carbonyl (C=O) groups is 1. The minimum absolute atomic E-state index is 0.282. The zero-order chi connectivity index (χ0) is 12.1. The summed E-state index contributed by atoms with van der Waals surface area (Å²) in [5.41, 5.74) is 4.99. The highest BCUT2D eigenvalue weighted by molar-refractivity contribution is 5.73. The molecule has 0 heterocycles. The Labute approximate surface area is 99.7 Å². The fourth-order valence-electron chi connectivity index (χ4n) is 1.61. The van der Waals surface area contributed by atoms with Gasteiger partial charge >= 0.3 is 0 Å². The summed E-state index contributed by atoms with van der Waals surface area (Å²) < 4.78 is 5.29. The van der Waals surface area contributed by atoms with Gasteiger partial charge in [-0.05, 0) is 6.42 Å². The number of hydrogen-bond donors (Lipinski definition) is 1. The van der Waals surface area contributed by atoms with E-state index in [1.54, 1.807) is 0 Å². The average molecular weight is 229 g/mol. The summed E-state index contributed by atoms with van der Waals surface area (Å²) in [4.78, 5) is 10.4. The minimum atomic E-state index is -0.282. The summed E-state index contributed by atoms with van der Waals surface area (Å²) in [7, 11) is 0. The van der Waals surface area contributed by atoms with Crippen LogP contribution < -0.4 is 5.73 Å². The van der Waals surface area contributed by atoms with Crippen molar-refractivity contribution < 1.29 is 9.53 Å². The monoisotopic (exact) mass is 229 g/mol. The van der Waals surface area contributed by atoms with Gasteiger partial charge in [-0.1, -0.05) is 51.9 Å². The number of hydrogen-bond acceptors (Lipinski definition) is 2. The number of primary amides is 1. The van der Waals surface area contributed by atoms with Gasteiger partial charge < -0.3 is 10.5 Å². The molecule has 0 spiro atoms. The first-order chi connectivity index (χ1) is 7.77. The van der Waals surface area contributed by atoms with Crippen LogP contribution in [0.3, 0.4) is 0 Å². The molecule has 0 saturated heterocycles. The Balaban J connectivity index is 2.90. The molecule has 0 aromatic carbocycles. The van der Waals surface area contributed by atoms with Crippen LogP contribution in [0.2, 0.25) is 0 Å². The number of amides is 1. The maximum Gasteiger partial charge on any atom is 0.219 e. The Morgan fingerprint density at radius 2 is 1.50 bits per heavy atom. The molecule has 0 fully saturated rings. The lowest BCUT2D eigenvalue weighted by Crippen LogP contribution is -2.13. The average Bonchev–Trinajstić information content (AvgIpc) is 2.25. The molecular formula is C13H27NO2. The second-order valence-corrected chi connectivity index (χ2v) is 4.30. The SMILES string of the molecule is CCCCCCCCCCOCCC(N)=O. The van der Waals surface area contributed by atoms with Crippen LogP contribution in [0.5, 0.6) is 0 Å². The van der Waals surface area contributed by atoms with Crippen LogP contribution in [0.15, 0.2) is 0 Å². The lowest BCUT2D eigenvalue weighted by molar-refractivity contribution is -0.119. The summed E-state index contributed by atoms with van der Waals surface area (Å²) in [6, 6.07) is 0. The number of rotatable bonds is 12. The fraction of sp³-hybridized carbons (Fsp3) is 0.923. The fourth-order valence-corrected chi connectivity index (χ4v) is 1.61. The van der Waals surface area contributed by atoms with Gasteiger partial charge in [0.2, 0.25) is 5.91 Å². The van der Waals surface area contributed by atoms with Crippen LogP contribution in [0.1, 0.15) is 64.7 Å². The van der Waals surface area contributed by atoms with Gasteiger partial charge in [0.25, 0.3) is 0 Å². The summed E-state index contributed by atoms with van der Waals surface area (Å²) in [6.07, 6.45) is 10.8. The number of nitrogens with two attached hydrogens (primary N) is 1. The Morgan fingerprint density at radius 3 is 2.06 bits per heavy atom. The Morgan fingerprint density at radius 1 is 0.938 bits per heavy atom. The molecule has 0 aromatic heterocycles. The van der Waals surface area contributed by atoms with Crippen molar-refractivity contribution >= 4 is 5.91 Å². The highest BCUT2D eigenvalue weighted by Gasteiger charge is 1.94. The Hall–Kier alpha value is -0.570. The maximum absolute atomic E-state index is 10.4. The predicted molar refractivity (Wildman–Crippen MR) is 67.2 cm³/mol. The van der Waals surface area contributed by atoms with E-state index in [0.717, 1.165) is 13.0 Å². The van der Waals surface area contributed by atoms with E-state index in [0.29, 0.717) is 13.0 Å². The first-order valence-corrected chi connectivity index (χ1v) is 6.63. The van der Waals surface area contributed by atoms with Gasteiger partial charge in [0, 0.05) is 13.0 Å². The van der Waals surface area contributed by atoms with Crippen molar-refractivity contribution in [3.05, 3.63) is 0 Å². The lowest BCUT2D eigenvalue weighted by atomic mass is 10.1. The Bertz CT molecular complexity index is 160. The highest BCUT2D eigenvalue weighted by Crippen LogP contribution is 2.08. The molecule has 0 radical (unpaired) electrons. The van der Waals surface area contributed by atoms with Gasteiger partial charge in [0.05, 0.1) is 6.61 Å². The molecule has 0 aliphatic rings. The van der Waals surface area contributed by atoms with E-state index in [-0.39, 0.29) is 5.91 Å². The number of carbonyl (C=O) groups excluding carboxylic acids is 1. The van der Waals surface area contributed by atoms with E-state index < -0.39 is 0 Å². The van der Waals surface area contributed by atoms with Crippen molar-refractivity contribution in [3.8, 4) is 0 Å². The molecule has 96 valence electrons. The zero-order valence-corrected chi connectivity index (χ0v) is 10.7. The smallest absolute Gasteiger partial charge is 0.219 e. The molecule has 0 saturated carbocycles. The largest absolute Gasteiger partial charge is 0.381 e. The van der Waals surface area contributed by atoms with Crippen LogP contribution in [0, 0.1) is 0 Å². The van der Waals surface area contributed by atoms with Crippen molar-refractivity contribution in [2.75, 3.05) is 13.2 Å². The van der Waals surface area contributed by atoms with E-state index in [1.165, 1.54) is 44.9 Å².